The van der Waals surface area contributed by atoms with E-state index in [1.165, 1.54) is 13.8 Å². The molecule has 0 saturated carbocycles. The monoisotopic (exact) mass is 514 g/mol. The van der Waals surface area contributed by atoms with Crippen molar-refractivity contribution in [2.75, 3.05) is 19.8 Å². The Labute approximate surface area is 218 Å². The molecule has 0 fully saturated rings. The van der Waals surface area contributed by atoms with Crippen molar-refractivity contribution in [3.63, 3.8) is 0 Å². The Morgan fingerprint density at radius 3 is 1.84 bits per heavy atom. The van der Waals surface area contributed by atoms with Crippen LogP contribution in [0.15, 0.2) is 24.3 Å². The molecule has 2 aromatic carbocycles. The van der Waals surface area contributed by atoms with E-state index >= 15 is 0 Å². The zero-order valence-electron chi connectivity index (χ0n) is 22.2. The number of aromatic hydroxyl groups is 1. The quantitative estimate of drug-likeness (QED) is 0.201. The lowest BCUT2D eigenvalue weighted by Gasteiger charge is -2.18. The Balaban J connectivity index is 1.97. The summed E-state index contributed by atoms with van der Waals surface area (Å²) in [5, 5.41) is 19.4. The third-order valence-electron chi connectivity index (χ3n) is 5.86. The number of carbonyl (C=O) groups excluding carboxylic acids is 2. The van der Waals surface area contributed by atoms with Gasteiger partial charge in [-0.1, -0.05) is 26.7 Å². The Bertz CT molecular complexity index is 1090. The van der Waals surface area contributed by atoms with Crippen LogP contribution in [0.1, 0.15) is 91.6 Å². The van der Waals surface area contributed by atoms with Crippen LogP contribution in [0, 0.1) is 0 Å². The molecule has 0 spiro atoms. The number of phenols is 1. The van der Waals surface area contributed by atoms with E-state index in [4.69, 9.17) is 19.3 Å². The number of hydrogen-bond acceptors (Lipinski definition) is 7. The van der Waals surface area contributed by atoms with Gasteiger partial charge in [-0.25, -0.2) is 4.79 Å². The molecule has 0 aliphatic carbocycles. The van der Waals surface area contributed by atoms with Crippen LogP contribution in [0.2, 0.25) is 0 Å². The molecule has 37 heavy (non-hydrogen) atoms. The first kappa shape index (κ1) is 29.7. The van der Waals surface area contributed by atoms with Crippen molar-refractivity contribution in [2.24, 2.45) is 0 Å². The van der Waals surface area contributed by atoms with Crippen molar-refractivity contribution in [3.8, 4) is 23.0 Å². The van der Waals surface area contributed by atoms with E-state index in [2.05, 4.69) is 0 Å². The molecule has 0 saturated heterocycles. The van der Waals surface area contributed by atoms with E-state index in [1.807, 2.05) is 13.8 Å². The number of benzene rings is 2. The average molecular weight is 515 g/mol. The summed E-state index contributed by atoms with van der Waals surface area (Å²) in [6.45, 7) is 7.26. The Morgan fingerprint density at radius 1 is 0.730 bits per heavy atom. The maximum Gasteiger partial charge on any atom is 0.341 e. The molecule has 0 radical (unpaired) electrons. The van der Waals surface area contributed by atoms with Gasteiger partial charge in [-0.3, -0.25) is 9.59 Å². The summed E-state index contributed by atoms with van der Waals surface area (Å²) in [5.41, 5.74) is 2.12. The van der Waals surface area contributed by atoms with Gasteiger partial charge in [0.1, 0.15) is 23.0 Å². The van der Waals surface area contributed by atoms with Crippen LogP contribution < -0.4 is 14.2 Å². The number of Topliss-reactive ketones (excluding diaryl/α,β-unsaturated/α-hetero) is 2. The summed E-state index contributed by atoms with van der Waals surface area (Å²) >= 11 is 0. The molecule has 202 valence electrons. The van der Waals surface area contributed by atoms with Crippen LogP contribution in [0.5, 0.6) is 23.0 Å². The number of ketones is 2. The standard InChI is InChI=1S/C29H38O8/c1-5-10-23-25(14-12-21(19(3)30)28(23)34)35-16-8-7-9-17-36-29-22(20(4)31)13-15-26(24(29)11-6-2)37-18-27(32)33/h12-15,34H,5-11,16-18H2,1-4H3,(H,32,33). The van der Waals surface area contributed by atoms with Gasteiger partial charge in [-0.15, -0.1) is 0 Å². The predicted octanol–water partition coefficient (Wildman–Crippen LogP) is 5.79. The van der Waals surface area contributed by atoms with E-state index in [1.54, 1.807) is 24.3 Å². The zero-order valence-corrected chi connectivity index (χ0v) is 22.2. The highest BCUT2D eigenvalue weighted by atomic mass is 16.5. The Hall–Kier alpha value is -3.55. The van der Waals surface area contributed by atoms with Crippen LogP contribution in [0.4, 0.5) is 0 Å². The fraction of sp³-hybridized carbons (Fsp3) is 0.483. The number of ether oxygens (including phenoxy) is 3. The molecule has 0 bridgehead atoms. The molecule has 0 amide bonds. The molecule has 8 nitrogen and oxygen atoms in total. The molecule has 8 heteroatoms. The van der Waals surface area contributed by atoms with Crippen LogP contribution >= 0.6 is 0 Å². The van der Waals surface area contributed by atoms with Crippen LogP contribution in [-0.4, -0.2) is 47.6 Å². The highest BCUT2D eigenvalue weighted by Gasteiger charge is 2.19. The van der Waals surface area contributed by atoms with E-state index in [0.717, 1.165) is 32.1 Å². The van der Waals surface area contributed by atoms with E-state index < -0.39 is 12.6 Å². The van der Waals surface area contributed by atoms with Gasteiger partial charge in [0, 0.05) is 11.1 Å². The molecule has 2 N–H and O–H groups in total. The maximum atomic E-state index is 12.2. The van der Waals surface area contributed by atoms with Crippen LogP contribution in [0.3, 0.4) is 0 Å². The SMILES string of the molecule is CCCc1c(OCCCCCOc2c(C(C)=O)ccc(OCC(=O)O)c2CCC)ccc(C(C)=O)c1O. The number of carbonyl (C=O) groups is 3. The zero-order chi connectivity index (χ0) is 27.4. The molecular formula is C29H38O8. The van der Waals surface area contributed by atoms with Gasteiger partial charge in [-0.05, 0) is 70.2 Å². The number of unbranched alkanes of at least 4 members (excludes halogenated alkanes) is 2. The first-order valence-electron chi connectivity index (χ1n) is 12.8. The second kappa shape index (κ2) is 14.9. The molecule has 2 aromatic rings. The summed E-state index contributed by atoms with van der Waals surface area (Å²) in [4.78, 5) is 34.9. The molecule has 0 heterocycles. The summed E-state index contributed by atoms with van der Waals surface area (Å²) < 4.78 is 17.4. The molecule has 0 aromatic heterocycles. The molecule has 0 unspecified atom stereocenters. The smallest absolute Gasteiger partial charge is 0.341 e. The van der Waals surface area contributed by atoms with E-state index in [-0.39, 0.29) is 17.3 Å². The highest BCUT2D eigenvalue weighted by molar-refractivity contribution is 5.98. The maximum absolute atomic E-state index is 12.2. The van der Waals surface area contributed by atoms with Gasteiger partial charge >= 0.3 is 5.97 Å². The fourth-order valence-corrected chi connectivity index (χ4v) is 4.08. The van der Waals surface area contributed by atoms with Crippen LogP contribution in [0.25, 0.3) is 0 Å². The number of hydrogen-bond donors (Lipinski definition) is 2. The molecule has 0 aliphatic rings. The van der Waals surface area contributed by atoms with Gasteiger partial charge in [0.05, 0.1) is 24.3 Å². The molecule has 2 rings (SSSR count). The lowest BCUT2D eigenvalue weighted by atomic mass is 10.0. The van der Waals surface area contributed by atoms with Crippen molar-refractivity contribution in [1.29, 1.82) is 0 Å². The molecule has 0 aliphatic heterocycles. The number of aliphatic carboxylic acids is 1. The third kappa shape index (κ3) is 8.51. The fourth-order valence-electron chi connectivity index (χ4n) is 4.08. The molecular weight excluding hydrogens is 476 g/mol. The van der Waals surface area contributed by atoms with Gasteiger partial charge < -0.3 is 24.4 Å². The van der Waals surface area contributed by atoms with Gasteiger partial charge in [-0.2, -0.15) is 0 Å². The third-order valence-corrected chi connectivity index (χ3v) is 5.86. The summed E-state index contributed by atoms with van der Waals surface area (Å²) in [6.07, 6.45) is 5.10. The summed E-state index contributed by atoms with van der Waals surface area (Å²) in [6, 6.07) is 6.57. The highest BCUT2D eigenvalue weighted by Crippen LogP contribution is 2.35. The lowest BCUT2D eigenvalue weighted by molar-refractivity contribution is -0.139. The molecule has 0 atom stereocenters. The summed E-state index contributed by atoms with van der Waals surface area (Å²) in [7, 11) is 0. The van der Waals surface area contributed by atoms with E-state index in [9.17, 15) is 19.5 Å². The van der Waals surface area contributed by atoms with Gasteiger partial charge in [0.15, 0.2) is 18.2 Å². The number of carboxylic acid groups (broad SMARTS) is 1. The predicted molar refractivity (Wildman–Crippen MR) is 141 cm³/mol. The van der Waals surface area contributed by atoms with Crippen molar-refractivity contribution >= 4 is 17.5 Å². The van der Waals surface area contributed by atoms with Gasteiger partial charge in [0.25, 0.3) is 0 Å². The van der Waals surface area contributed by atoms with E-state index in [0.29, 0.717) is 65.6 Å². The normalized spacial score (nSPS) is 10.7. The first-order chi connectivity index (χ1) is 17.7. The largest absolute Gasteiger partial charge is 0.507 e. The van der Waals surface area contributed by atoms with Gasteiger partial charge in [0.2, 0.25) is 0 Å². The van der Waals surface area contributed by atoms with Crippen molar-refractivity contribution in [2.45, 2.75) is 72.6 Å². The minimum Gasteiger partial charge on any atom is -0.507 e. The number of phenolic OH excluding ortho intramolecular Hbond substituents is 1. The first-order valence-corrected chi connectivity index (χ1v) is 12.8. The Kier molecular flexibility index (Phi) is 11.9. The second-order valence-corrected chi connectivity index (χ2v) is 8.91. The topological polar surface area (TPSA) is 119 Å². The second-order valence-electron chi connectivity index (χ2n) is 8.91. The minimum atomic E-state index is -1.07. The number of carboxylic acids is 1. The minimum absolute atomic E-state index is 0.000950. The van der Waals surface area contributed by atoms with Crippen molar-refractivity contribution in [3.05, 3.63) is 46.5 Å². The Morgan fingerprint density at radius 2 is 1.27 bits per heavy atom. The van der Waals surface area contributed by atoms with Crippen molar-refractivity contribution < 1.29 is 38.8 Å². The summed E-state index contributed by atoms with van der Waals surface area (Å²) in [5.74, 6) is 0.0730. The average Bonchev–Trinajstić information content (AvgIpc) is 2.84. The lowest BCUT2D eigenvalue weighted by Crippen LogP contribution is -2.13. The van der Waals surface area contributed by atoms with Crippen LogP contribution in [-0.2, 0) is 17.6 Å². The number of rotatable bonds is 17. The van der Waals surface area contributed by atoms with Crippen molar-refractivity contribution in [1.82, 2.24) is 0 Å².